The van der Waals surface area contributed by atoms with Crippen molar-refractivity contribution in [3.05, 3.63) is 59.4 Å². The number of rotatable bonds is 5. The van der Waals surface area contributed by atoms with Gasteiger partial charge < -0.3 is 0 Å². The van der Waals surface area contributed by atoms with Crippen LogP contribution in [0.15, 0.2) is 53.8 Å². The van der Waals surface area contributed by atoms with Crippen molar-refractivity contribution in [3.8, 4) is 0 Å². The van der Waals surface area contributed by atoms with Gasteiger partial charge in [-0.2, -0.15) is 0 Å². The van der Waals surface area contributed by atoms with Gasteiger partial charge in [-0.15, -0.1) is 5.73 Å². The molecule has 1 rings (SSSR count). The van der Waals surface area contributed by atoms with Crippen LogP contribution in [0.5, 0.6) is 0 Å². The molecule has 0 saturated carbocycles. The van der Waals surface area contributed by atoms with Crippen LogP contribution in [0.3, 0.4) is 0 Å². The highest BCUT2D eigenvalue weighted by atomic mass is 13.9. The van der Waals surface area contributed by atoms with E-state index in [1.807, 2.05) is 30.4 Å². The topological polar surface area (TPSA) is 0 Å². The molecule has 0 heterocycles. The molecule has 0 heteroatoms. The monoisotopic (exact) mass is 212 g/mol. The van der Waals surface area contributed by atoms with Crippen molar-refractivity contribution >= 4 is 6.08 Å². The lowest BCUT2D eigenvalue weighted by molar-refractivity contribution is 0.788. The molecule has 0 spiro atoms. The van der Waals surface area contributed by atoms with E-state index in [1.54, 1.807) is 0 Å². The molecule has 0 aliphatic rings. The number of allylic oxidation sites excluding steroid dienone is 2. The van der Waals surface area contributed by atoms with Gasteiger partial charge in [0.05, 0.1) is 0 Å². The molecule has 0 bridgehead atoms. The largest absolute Gasteiger partial charge is 0.122 e. The fourth-order valence-corrected chi connectivity index (χ4v) is 1.43. The molecule has 0 radical (unpaired) electrons. The summed E-state index contributed by atoms with van der Waals surface area (Å²) in [7, 11) is 0. The minimum absolute atomic E-state index is 1.16. The maximum atomic E-state index is 3.29. The fourth-order valence-electron chi connectivity index (χ4n) is 1.43. The SMILES string of the molecule is CCCCC(C)=C=C/C=C/c1ccccc1. The molecule has 0 unspecified atom stereocenters. The minimum atomic E-state index is 1.16. The number of hydrogen-bond acceptors (Lipinski definition) is 0. The maximum Gasteiger partial charge on any atom is -0.0200 e. The third-order valence-electron chi connectivity index (χ3n) is 2.42. The number of benzene rings is 1. The Balaban J connectivity index is 2.50. The second-order valence-electron chi connectivity index (χ2n) is 3.96. The summed E-state index contributed by atoms with van der Waals surface area (Å²) in [6.07, 6.45) is 9.81. The van der Waals surface area contributed by atoms with Crippen LogP contribution in [0.4, 0.5) is 0 Å². The van der Waals surface area contributed by atoms with E-state index in [0.29, 0.717) is 0 Å². The van der Waals surface area contributed by atoms with Gasteiger partial charge in [0.15, 0.2) is 0 Å². The van der Waals surface area contributed by atoms with E-state index in [4.69, 9.17) is 0 Å². The summed E-state index contributed by atoms with van der Waals surface area (Å²) in [5, 5.41) is 0. The molecule has 0 amide bonds. The zero-order valence-corrected chi connectivity index (χ0v) is 10.2. The van der Waals surface area contributed by atoms with Crippen LogP contribution in [0.2, 0.25) is 0 Å². The third kappa shape index (κ3) is 5.38. The van der Waals surface area contributed by atoms with Gasteiger partial charge in [0.1, 0.15) is 0 Å². The first-order chi connectivity index (χ1) is 7.83. The normalized spacial score (nSPS) is 10.1. The van der Waals surface area contributed by atoms with E-state index < -0.39 is 0 Å². The average Bonchev–Trinajstić information content (AvgIpc) is 2.33. The van der Waals surface area contributed by atoms with Gasteiger partial charge in [0.25, 0.3) is 0 Å². The van der Waals surface area contributed by atoms with E-state index >= 15 is 0 Å². The van der Waals surface area contributed by atoms with Gasteiger partial charge in [-0.05, 0) is 37.0 Å². The number of unbranched alkanes of at least 4 members (excludes halogenated alkanes) is 1. The van der Waals surface area contributed by atoms with Crippen LogP contribution in [-0.2, 0) is 0 Å². The molecular weight excluding hydrogens is 192 g/mol. The van der Waals surface area contributed by atoms with Crippen LogP contribution < -0.4 is 0 Å². The molecule has 0 aromatic heterocycles. The fraction of sp³-hybridized carbons (Fsp3) is 0.312. The molecule has 0 fully saturated rings. The Bertz CT molecular complexity index is 376. The smallest absolute Gasteiger partial charge is 0.0200 e. The van der Waals surface area contributed by atoms with Crippen molar-refractivity contribution in [2.75, 3.05) is 0 Å². The summed E-state index contributed by atoms with van der Waals surface area (Å²) in [4.78, 5) is 0. The standard InChI is InChI=1S/C16H20/c1-3-4-10-15(2)11-8-9-14-16-12-6-5-7-13-16/h5-9,12-14H,3-4,10H2,1-2H3/b14-9+. The highest BCUT2D eigenvalue weighted by Crippen LogP contribution is 2.04. The second kappa shape index (κ2) is 7.73. The highest BCUT2D eigenvalue weighted by Gasteiger charge is 1.85. The summed E-state index contributed by atoms with van der Waals surface area (Å²) in [6, 6.07) is 10.3. The average molecular weight is 212 g/mol. The maximum absolute atomic E-state index is 3.29. The van der Waals surface area contributed by atoms with Gasteiger partial charge in [-0.3, -0.25) is 0 Å². The molecule has 0 aliphatic heterocycles. The quantitative estimate of drug-likeness (QED) is 0.476. The molecule has 16 heavy (non-hydrogen) atoms. The number of hydrogen-bond donors (Lipinski definition) is 0. The predicted octanol–water partition coefficient (Wildman–Crippen LogP) is 4.99. The minimum Gasteiger partial charge on any atom is -0.122 e. The van der Waals surface area contributed by atoms with Crippen molar-refractivity contribution in [1.82, 2.24) is 0 Å². The van der Waals surface area contributed by atoms with Gasteiger partial charge in [0, 0.05) is 0 Å². The van der Waals surface area contributed by atoms with E-state index in [2.05, 4.69) is 37.8 Å². The summed E-state index contributed by atoms with van der Waals surface area (Å²) in [5.41, 5.74) is 5.85. The molecule has 0 saturated heterocycles. The summed E-state index contributed by atoms with van der Waals surface area (Å²) >= 11 is 0. The lowest BCUT2D eigenvalue weighted by atomic mass is 10.1. The summed E-state index contributed by atoms with van der Waals surface area (Å²) < 4.78 is 0. The van der Waals surface area contributed by atoms with E-state index in [1.165, 1.54) is 24.0 Å². The summed E-state index contributed by atoms with van der Waals surface area (Å²) in [5.74, 6) is 0. The molecule has 0 atom stereocenters. The highest BCUT2D eigenvalue weighted by molar-refractivity contribution is 5.50. The Morgan fingerprint density at radius 1 is 1.25 bits per heavy atom. The molecule has 0 aliphatic carbocycles. The van der Waals surface area contributed by atoms with E-state index in [9.17, 15) is 0 Å². The lowest BCUT2D eigenvalue weighted by Gasteiger charge is -1.92. The first-order valence-corrected chi connectivity index (χ1v) is 5.97. The van der Waals surface area contributed by atoms with Crippen molar-refractivity contribution in [1.29, 1.82) is 0 Å². The molecule has 0 nitrogen and oxygen atoms in total. The van der Waals surface area contributed by atoms with Crippen molar-refractivity contribution in [2.24, 2.45) is 0 Å². The Labute approximate surface area is 99.0 Å². The van der Waals surface area contributed by atoms with Crippen molar-refractivity contribution in [3.63, 3.8) is 0 Å². The van der Waals surface area contributed by atoms with Crippen LogP contribution >= 0.6 is 0 Å². The lowest BCUT2D eigenvalue weighted by Crippen LogP contribution is -1.73. The zero-order valence-electron chi connectivity index (χ0n) is 10.2. The van der Waals surface area contributed by atoms with Crippen molar-refractivity contribution in [2.45, 2.75) is 33.1 Å². The molecule has 0 N–H and O–H groups in total. The van der Waals surface area contributed by atoms with E-state index in [0.717, 1.165) is 6.42 Å². The Morgan fingerprint density at radius 2 is 2.00 bits per heavy atom. The first-order valence-electron chi connectivity index (χ1n) is 5.97. The Kier molecular flexibility index (Phi) is 6.06. The van der Waals surface area contributed by atoms with Crippen LogP contribution in [-0.4, -0.2) is 0 Å². The van der Waals surface area contributed by atoms with Gasteiger partial charge in [0.2, 0.25) is 0 Å². The molecule has 84 valence electrons. The molecule has 1 aromatic rings. The van der Waals surface area contributed by atoms with E-state index in [-0.39, 0.29) is 0 Å². The Morgan fingerprint density at radius 3 is 2.69 bits per heavy atom. The van der Waals surface area contributed by atoms with Crippen LogP contribution in [0, 0.1) is 0 Å². The van der Waals surface area contributed by atoms with Gasteiger partial charge >= 0.3 is 0 Å². The van der Waals surface area contributed by atoms with Crippen LogP contribution in [0.25, 0.3) is 6.08 Å². The third-order valence-corrected chi connectivity index (χ3v) is 2.42. The van der Waals surface area contributed by atoms with Gasteiger partial charge in [-0.25, -0.2) is 0 Å². The first kappa shape index (κ1) is 12.5. The second-order valence-corrected chi connectivity index (χ2v) is 3.96. The van der Waals surface area contributed by atoms with Crippen molar-refractivity contribution < 1.29 is 0 Å². The summed E-state index contributed by atoms with van der Waals surface area (Å²) in [6.45, 7) is 4.36. The van der Waals surface area contributed by atoms with Gasteiger partial charge in [-0.1, -0.05) is 55.8 Å². The molecular formula is C16H20. The molecule has 1 aromatic carbocycles. The Hall–Kier alpha value is -1.52. The van der Waals surface area contributed by atoms with Crippen LogP contribution in [0.1, 0.15) is 38.7 Å². The predicted molar refractivity (Wildman–Crippen MR) is 72.3 cm³/mol. The zero-order chi connectivity index (χ0) is 11.6.